The van der Waals surface area contributed by atoms with Crippen molar-refractivity contribution in [1.82, 2.24) is 0 Å². The molecule has 1 heterocycles. The van der Waals surface area contributed by atoms with Crippen LogP contribution in [0.25, 0.3) is 0 Å². The first-order valence-electron chi connectivity index (χ1n) is 5.16. The summed E-state index contributed by atoms with van der Waals surface area (Å²) >= 11 is 0. The molecular formula is C12H19FO. The Hall–Kier alpha value is -0.790. The van der Waals surface area contributed by atoms with Gasteiger partial charge in [0.2, 0.25) is 0 Å². The summed E-state index contributed by atoms with van der Waals surface area (Å²) < 4.78 is 18.4. The van der Waals surface area contributed by atoms with Gasteiger partial charge in [0.15, 0.2) is 0 Å². The summed E-state index contributed by atoms with van der Waals surface area (Å²) in [4.78, 5) is 0. The first kappa shape index (κ1) is 11.3. The predicted octanol–water partition coefficient (Wildman–Crippen LogP) is 3.83. The normalized spacial score (nSPS) is 24.4. The molecule has 0 spiro atoms. The van der Waals surface area contributed by atoms with Crippen molar-refractivity contribution in [3.8, 4) is 0 Å². The molecule has 0 aliphatic carbocycles. The molecule has 2 heteroatoms. The minimum absolute atomic E-state index is 0.131. The van der Waals surface area contributed by atoms with E-state index in [1.54, 1.807) is 0 Å². The molecule has 1 aliphatic heterocycles. The average molecular weight is 198 g/mol. The van der Waals surface area contributed by atoms with E-state index >= 15 is 0 Å². The molecule has 0 fully saturated rings. The zero-order chi connectivity index (χ0) is 10.7. The lowest BCUT2D eigenvalue weighted by Gasteiger charge is -2.25. The molecule has 1 aliphatic rings. The number of hydrogen-bond donors (Lipinski definition) is 0. The fraction of sp³-hybridized carbons (Fsp3) is 0.667. The second-order valence-corrected chi connectivity index (χ2v) is 4.38. The van der Waals surface area contributed by atoms with Crippen molar-refractivity contribution < 1.29 is 9.13 Å². The summed E-state index contributed by atoms with van der Waals surface area (Å²) in [5.74, 6) is 1.16. The molecule has 0 saturated carbocycles. The highest BCUT2D eigenvalue weighted by Gasteiger charge is 2.19. The summed E-state index contributed by atoms with van der Waals surface area (Å²) in [6.45, 7) is 10.1. The summed E-state index contributed by atoms with van der Waals surface area (Å²) in [6.07, 6.45) is 1.72. The third-order valence-corrected chi connectivity index (χ3v) is 2.70. The summed E-state index contributed by atoms with van der Waals surface area (Å²) in [6, 6.07) is 0. The average Bonchev–Trinajstić information content (AvgIpc) is 2.09. The predicted molar refractivity (Wildman–Crippen MR) is 56.5 cm³/mol. The molecule has 2 atom stereocenters. The van der Waals surface area contributed by atoms with Gasteiger partial charge in [0, 0.05) is 12.3 Å². The van der Waals surface area contributed by atoms with Gasteiger partial charge in [-0.25, -0.2) is 4.39 Å². The molecule has 0 saturated heterocycles. The van der Waals surface area contributed by atoms with Crippen molar-refractivity contribution in [3.63, 3.8) is 0 Å². The SMILES string of the molecule is C=C(F)C(C)CC1=C(C)CC(C)CO1. The molecule has 1 rings (SSSR count). The maximum atomic E-state index is 12.8. The zero-order valence-electron chi connectivity index (χ0n) is 9.27. The van der Waals surface area contributed by atoms with Gasteiger partial charge in [-0.2, -0.15) is 0 Å². The van der Waals surface area contributed by atoms with Crippen LogP contribution in [0, 0.1) is 11.8 Å². The monoisotopic (exact) mass is 198 g/mol. The molecule has 0 amide bonds. The summed E-state index contributed by atoms with van der Waals surface area (Å²) in [5.41, 5.74) is 1.26. The third kappa shape index (κ3) is 2.86. The van der Waals surface area contributed by atoms with Gasteiger partial charge in [0.05, 0.1) is 18.2 Å². The van der Waals surface area contributed by atoms with Crippen LogP contribution in [0.4, 0.5) is 4.39 Å². The Morgan fingerprint density at radius 1 is 1.71 bits per heavy atom. The fourth-order valence-electron chi connectivity index (χ4n) is 1.68. The molecule has 2 unspecified atom stereocenters. The number of ether oxygens (including phenoxy) is 1. The molecule has 0 aromatic carbocycles. The van der Waals surface area contributed by atoms with E-state index in [9.17, 15) is 4.39 Å². The molecule has 0 aromatic rings. The lowest BCUT2D eigenvalue weighted by Crippen LogP contribution is -2.15. The van der Waals surface area contributed by atoms with Gasteiger partial charge in [0.25, 0.3) is 0 Å². The van der Waals surface area contributed by atoms with Crippen LogP contribution < -0.4 is 0 Å². The smallest absolute Gasteiger partial charge is 0.0960 e. The Kier molecular flexibility index (Phi) is 3.73. The van der Waals surface area contributed by atoms with Gasteiger partial charge >= 0.3 is 0 Å². The van der Waals surface area contributed by atoms with Gasteiger partial charge in [-0.15, -0.1) is 0 Å². The van der Waals surface area contributed by atoms with Crippen LogP contribution in [0.15, 0.2) is 23.7 Å². The largest absolute Gasteiger partial charge is 0.498 e. The minimum Gasteiger partial charge on any atom is -0.498 e. The van der Waals surface area contributed by atoms with E-state index in [1.807, 2.05) is 6.92 Å². The van der Waals surface area contributed by atoms with Crippen molar-refractivity contribution in [2.24, 2.45) is 11.8 Å². The second-order valence-electron chi connectivity index (χ2n) is 4.38. The number of halogens is 1. The van der Waals surface area contributed by atoms with Crippen molar-refractivity contribution in [1.29, 1.82) is 0 Å². The maximum Gasteiger partial charge on any atom is 0.0960 e. The lowest BCUT2D eigenvalue weighted by atomic mass is 9.95. The Labute approximate surface area is 85.6 Å². The Morgan fingerprint density at radius 3 is 2.86 bits per heavy atom. The van der Waals surface area contributed by atoms with E-state index in [0.717, 1.165) is 18.8 Å². The van der Waals surface area contributed by atoms with Crippen LogP contribution in [0.2, 0.25) is 0 Å². The summed E-state index contributed by atoms with van der Waals surface area (Å²) in [7, 11) is 0. The van der Waals surface area contributed by atoms with E-state index in [1.165, 1.54) is 5.57 Å². The van der Waals surface area contributed by atoms with Crippen LogP contribution in [-0.4, -0.2) is 6.61 Å². The van der Waals surface area contributed by atoms with Crippen molar-refractivity contribution in [2.45, 2.75) is 33.6 Å². The van der Waals surface area contributed by atoms with Crippen molar-refractivity contribution in [3.05, 3.63) is 23.7 Å². The lowest BCUT2D eigenvalue weighted by molar-refractivity contribution is 0.134. The second kappa shape index (κ2) is 4.63. The van der Waals surface area contributed by atoms with E-state index < -0.39 is 0 Å². The van der Waals surface area contributed by atoms with Crippen LogP contribution >= 0.6 is 0 Å². The zero-order valence-corrected chi connectivity index (χ0v) is 9.27. The first-order valence-corrected chi connectivity index (χ1v) is 5.16. The topological polar surface area (TPSA) is 9.23 Å². The van der Waals surface area contributed by atoms with E-state index in [-0.39, 0.29) is 11.7 Å². The van der Waals surface area contributed by atoms with Crippen LogP contribution in [0.3, 0.4) is 0 Å². The van der Waals surface area contributed by atoms with Gasteiger partial charge in [-0.1, -0.05) is 20.4 Å². The van der Waals surface area contributed by atoms with E-state index in [4.69, 9.17) is 4.74 Å². The van der Waals surface area contributed by atoms with Crippen LogP contribution in [-0.2, 0) is 4.74 Å². The number of allylic oxidation sites excluding steroid dienone is 3. The van der Waals surface area contributed by atoms with Gasteiger partial charge in [-0.3, -0.25) is 0 Å². The molecule has 0 N–H and O–H groups in total. The molecule has 0 aromatic heterocycles. The van der Waals surface area contributed by atoms with E-state index in [0.29, 0.717) is 12.3 Å². The highest BCUT2D eigenvalue weighted by atomic mass is 19.1. The van der Waals surface area contributed by atoms with Gasteiger partial charge < -0.3 is 4.74 Å². The van der Waals surface area contributed by atoms with Crippen LogP contribution in [0.5, 0.6) is 0 Å². The van der Waals surface area contributed by atoms with E-state index in [2.05, 4.69) is 20.4 Å². The standard InChI is InChI=1S/C12H19FO/c1-8-5-10(3)12(14-7-8)6-9(2)11(4)13/h8-9H,4-7H2,1-3H3. The highest BCUT2D eigenvalue weighted by Crippen LogP contribution is 2.29. The Balaban J connectivity index is 2.60. The van der Waals surface area contributed by atoms with Crippen molar-refractivity contribution >= 4 is 0 Å². The van der Waals surface area contributed by atoms with Gasteiger partial charge in [0.1, 0.15) is 0 Å². The molecule has 0 radical (unpaired) electrons. The number of rotatable bonds is 3. The van der Waals surface area contributed by atoms with Crippen molar-refractivity contribution in [2.75, 3.05) is 6.61 Å². The minimum atomic E-state index is -0.257. The Bertz CT molecular complexity index is 255. The van der Waals surface area contributed by atoms with Crippen LogP contribution in [0.1, 0.15) is 33.6 Å². The molecule has 80 valence electrons. The molecule has 0 bridgehead atoms. The molecule has 1 nitrogen and oxygen atoms in total. The first-order chi connectivity index (χ1) is 6.50. The Morgan fingerprint density at radius 2 is 2.36 bits per heavy atom. The quantitative estimate of drug-likeness (QED) is 0.669. The fourth-order valence-corrected chi connectivity index (χ4v) is 1.68. The third-order valence-electron chi connectivity index (χ3n) is 2.70. The molecular weight excluding hydrogens is 179 g/mol. The van der Waals surface area contributed by atoms with Gasteiger partial charge in [-0.05, 0) is 24.8 Å². The summed E-state index contributed by atoms with van der Waals surface area (Å²) in [5, 5.41) is 0. The highest BCUT2D eigenvalue weighted by molar-refractivity contribution is 5.11. The maximum absolute atomic E-state index is 12.8. The molecule has 14 heavy (non-hydrogen) atoms. The number of hydrogen-bond acceptors (Lipinski definition) is 1.